The number of aryl methyl sites for hydroxylation is 2. The summed E-state index contributed by atoms with van der Waals surface area (Å²) < 4.78 is 0. The summed E-state index contributed by atoms with van der Waals surface area (Å²) in [6.45, 7) is 4.49. The Balaban J connectivity index is 0.000000562. The molecule has 0 amide bonds. The smallest absolute Gasteiger partial charge is 0.115 e. The first-order chi connectivity index (χ1) is 14.7. The Bertz CT molecular complexity index is 599. The lowest BCUT2D eigenvalue weighted by Gasteiger charge is -2.02. The number of rotatable bonds is 14. The summed E-state index contributed by atoms with van der Waals surface area (Å²) in [5, 5.41) is 18.6. The zero-order chi connectivity index (χ0) is 21.9. The number of phenols is 2. The Labute approximate surface area is 197 Å². The zero-order valence-corrected chi connectivity index (χ0v) is 20.6. The fourth-order valence-electron chi connectivity index (χ4n) is 3.64. The van der Waals surface area contributed by atoms with Crippen LogP contribution in [-0.2, 0) is 12.8 Å². The van der Waals surface area contributed by atoms with Gasteiger partial charge in [-0.1, -0.05) is 102 Å². The van der Waals surface area contributed by atoms with Crippen molar-refractivity contribution < 1.29 is 10.2 Å². The van der Waals surface area contributed by atoms with Gasteiger partial charge in [-0.05, 0) is 61.1 Å². The number of halogens is 1. The summed E-state index contributed by atoms with van der Waals surface area (Å²) in [6, 6.07) is 15.2. The number of benzene rings is 2. The normalized spacial score (nSPS) is 10.1. The molecule has 0 aliphatic carbocycles. The average Bonchev–Trinajstić information content (AvgIpc) is 2.74. The summed E-state index contributed by atoms with van der Waals surface area (Å²) in [5.74, 6) is 0.775. The van der Waals surface area contributed by atoms with Crippen molar-refractivity contribution in [2.45, 2.75) is 104 Å². The molecule has 2 aromatic carbocycles. The molecule has 0 radical (unpaired) electrons. The van der Waals surface area contributed by atoms with Crippen LogP contribution in [0.1, 0.15) is 102 Å². The first kappa shape index (κ1) is 29.3. The predicted molar refractivity (Wildman–Crippen MR) is 138 cm³/mol. The Morgan fingerprint density at radius 3 is 1.23 bits per heavy atom. The Morgan fingerprint density at radius 1 is 0.516 bits per heavy atom. The van der Waals surface area contributed by atoms with Crippen molar-refractivity contribution in [1.82, 2.24) is 0 Å². The minimum absolute atomic E-state index is 0. The van der Waals surface area contributed by atoms with Gasteiger partial charge in [0.1, 0.15) is 11.5 Å². The summed E-state index contributed by atoms with van der Waals surface area (Å²) in [4.78, 5) is 0. The van der Waals surface area contributed by atoms with E-state index in [1.54, 1.807) is 12.1 Å². The summed E-state index contributed by atoms with van der Waals surface area (Å²) in [5.41, 5.74) is 2.51. The van der Waals surface area contributed by atoms with Crippen molar-refractivity contribution in [3.63, 3.8) is 0 Å². The monoisotopic (exact) mass is 448 g/mol. The second-order valence-electron chi connectivity index (χ2n) is 8.38. The maximum Gasteiger partial charge on any atom is 0.115 e. The second-order valence-corrected chi connectivity index (χ2v) is 8.38. The third-order valence-electron chi connectivity index (χ3n) is 5.46. The molecule has 0 heterocycles. The standard InChI is InChI=1S/2C14H22O.ClH/c2*1-2-3-4-5-6-7-9-13-10-8-11-14(15)12-13;/h2*8,10-12,15H,2-7,9H2,1H3;1H. The van der Waals surface area contributed by atoms with Crippen LogP contribution in [0, 0.1) is 0 Å². The molecule has 2 rings (SSSR count). The van der Waals surface area contributed by atoms with E-state index in [-0.39, 0.29) is 12.4 Å². The van der Waals surface area contributed by atoms with Crippen molar-refractivity contribution in [1.29, 1.82) is 0 Å². The molecule has 0 saturated heterocycles. The van der Waals surface area contributed by atoms with Crippen LogP contribution in [0.4, 0.5) is 0 Å². The van der Waals surface area contributed by atoms with Crippen LogP contribution in [0.5, 0.6) is 11.5 Å². The van der Waals surface area contributed by atoms with E-state index in [1.807, 2.05) is 24.3 Å². The molecule has 0 fully saturated rings. The molecule has 0 aromatic heterocycles. The average molecular weight is 449 g/mol. The maximum atomic E-state index is 9.29. The molecular weight excluding hydrogens is 404 g/mol. The molecule has 0 aliphatic heterocycles. The van der Waals surface area contributed by atoms with Gasteiger partial charge in [0.15, 0.2) is 0 Å². The van der Waals surface area contributed by atoms with Crippen LogP contribution >= 0.6 is 12.4 Å². The molecule has 31 heavy (non-hydrogen) atoms. The van der Waals surface area contributed by atoms with Crippen LogP contribution < -0.4 is 0 Å². The number of hydrogen-bond donors (Lipinski definition) is 2. The predicted octanol–water partition coefficient (Wildman–Crippen LogP) is 9.01. The third kappa shape index (κ3) is 16.7. The van der Waals surface area contributed by atoms with Gasteiger partial charge in [0.25, 0.3) is 0 Å². The van der Waals surface area contributed by atoms with Crippen molar-refractivity contribution in [3.8, 4) is 11.5 Å². The Kier molecular flexibility index (Phi) is 19.2. The lowest BCUT2D eigenvalue weighted by molar-refractivity contribution is 0.473. The Hall–Kier alpha value is -1.67. The third-order valence-corrected chi connectivity index (χ3v) is 5.46. The summed E-state index contributed by atoms with van der Waals surface area (Å²) in [6.07, 6.45) is 18.1. The highest BCUT2D eigenvalue weighted by atomic mass is 35.5. The van der Waals surface area contributed by atoms with E-state index in [0.29, 0.717) is 11.5 Å². The van der Waals surface area contributed by atoms with Crippen molar-refractivity contribution in [3.05, 3.63) is 59.7 Å². The number of phenolic OH excluding ortho intramolecular Hbond substituents is 2. The van der Waals surface area contributed by atoms with E-state index in [4.69, 9.17) is 0 Å². The zero-order valence-electron chi connectivity index (χ0n) is 19.8. The molecule has 176 valence electrons. The molecule has 0 atom stereocenters. The van der Waals surface area contributed by atoms with Gasteiger partial charge < -0.3 is 10.2 Å². The fourth-order valence-corrected chi connectivity index (χ4v) is 3.64. The number of hydrogen-bond acceptors (Lipinski definition) is 2. The quantitative estimate of drug-likeness (QED) is 0.283. The van der Waals surface area contributed by atoms with Crippen LogP contribution in [0.25, 0.3) is 0 Å². The highest BCUT2D eigenvalue weighted by Gasteiger charge is 1.96. The number of aromatic hydroxyl groups is 2. The van der Waals surface area contributed by atoms with Gasteiger partial charge in [0, 0.05) is 0 Å². The van der Waals surface area contributed by atoms with Crippen LogP contribution in [-0.4, -0.2) is 10.2 Å². The molecular formula is C28H45ClO2. The fraction of sp³-hybridized carbons (Fsp3) is 0.571. The summed E-state index contributed by atoms with van der Waals surface area (Å²) >= 11 is 0. The minimum Gasteiger partial charge on any atom is -0.508 e. The van der Waals surface area contributed by atoms with Gasteiger partial charge in [-0.3, -0.25) is 0 Å². The highest BCUT2D eigenvalue weighted by molar-refractivity contribution is 5.85. The van der Waals surface area contributed by atoms with E-state index in [0.717, 1.165) is 12.8 Å². The van der Waals surface area contributed by atoms with Crippen LogP contribution in [0.2, 0.25) is 0 Å². The molecule has 2 N–H and O–H groups in total. The Morgan fingerprint density at radius 2 is 0.871 bits per heavy atom. The molecule has 2 nitrogen and oxygen atoms in total. The van der Waals surface area contributed by atoms with E-state index in [2.05, 4.69) is 26.0 Å². The van der Waals surface area contributed by atoms with Gasteiger partial charge in [0.2, 0.25) is 0 Å². The van der Waals surface area contributed by atoms with Crippen molar-refractivity contribution in [2.75, 3.05) is 0 Å². The van der Waals surface area contributed by atoms with E-state index >= 15 is 0 Å². The topological polar surface area (TPSA) is 40.5 Å². The van der Waals surface area contributed by atoms with Gasteiger partial charge in [-0.2, -0.15) is 0 Å². The lowest BCUT2D eigenvalue weighted by atomic mass is 10.0. The van der Waals surface area contributed by atoms with E-state index in [9.17, 15) is 10.2 Å². The van der Waals surface area contributed by atoms with E-state index in [1.165, 1.54) is 88.2 Å². The SMILES string of the molecule is CCCCCCCCc1cccc(O)c1.CCCCCCCCc1cccc(O)c1.Cl. The molecule has 0 bridgehead atoms. The highest BCUT2D eigenvalue weighted by Crippen LogP contribution is 2.15. The van der Waals surface area contributed by atoms with Gasteiger partial charge in [-0.25, -0.2) is 0 Å². The maximum absolute atomic E-state index is 9.29. The van der Waals surface area contributed by atoms with Crippen LogP contribution in [0.15, 0.2) is 48.5 Å². The first-order valence-electron chi connectivity index (χ1n) is 12.2. The molecule has 2 aromatic rings. The number of unbranched alkanes of at least 4 members (excludes halogenated alkanes) is 10. The van der Waals surface area contributed by atoms with Crippen molar-refractivity contribution >= 4 is 12.4 Å². The summed E-state index contributed by atoms with van der Waals surface area (Å²) in [7, 11) is 0. The molecule has 0 saturated carbocycles. The van der Waals surface area contributed by atoms with Gasteiger partial charge >= 0.3 is 0 Å². The van der Waals surface area contributed by atoms with Crippen molar-refractivity contribution in [2.24, 2.45) is 0 Å². The van der Waals surface area contributed by atoms with Gasteiger partial charge in [-0.15, -0.1) is 12.4 Å². The molecule has 3 heteroatoms. The van der Waals surface area contributed by atoms with Gasteiger partial charge in [0.05, 0.1) is 0 Å². The molecule has 0 spiro atoms. The minimum atomic E-state index is 0. The van der Waals surface area contributed by atoms with E-state index < -0.39 is 0 Å². The first-order valence-corrected chi connectivity index (χ1v) is 12.2. The lowest BCUT2D eigenvalue weighted by Crippen LogP contribution is -1.85. The largest absolute Gasteiger partial charge is 0.508 e. The second kappa shape index (κ2) is 20.2. The van der Waals surface area contributed by atoms with Crippen LogP contribution in [0.3, 0.4) is 0 Å². The molecule has 0 unspecified atom stereocenters. The molecule has 0 aliphatic rings.